The van der Waals surface area contributed by atoms with Crippen LogP contribution < -0.4 is 4.74 Å². The summed E-state index contributed by atoms with van der Waals surface area (Å²) < 4.78 is 33.3. The number of benzene rings is 1. The van der Waals surface area contributed by atoms with Crippen LogP contribution in [0.5, 0.6) is 5.88 Å². The molecule has 0 bridgehead atoms. The molecule has 0 aliphatic heterocycles. The van der Waals surface area contributed by atoms with E-state index in [1.807, 2.05) is 19.1 Å². The van der Waals surface area contributed by atoms with Gasteiger partial charge in [0.1, 0.15) is 6.61 Å². The minimum absolute atomic E-state index is 0.106. The first-order chi connectivity index (χ1) is 10.6. The molecule has 0 atom stereocenters. The minimum atomic E-state index is -0.893. The monoisotopic (exact) mass is 301 g/mol. The Hall–Kier alpha value is -2.76. The Kier molecular flexibility index (Phi) is 3.82. The largest absolute Gasteiger partial charge is 0.473 e. The fourth-order valence-corrected chi connectivity index (χ4v) is 2.05. The highest BCUT2D eigenvalue weighted by molar-refractivity contribution is 5.35. The van der Waals surface area contributed by atoms with Crippen molar-refractivity contribution in [3.8, 4) is 11.7 Å². The maximum absolute atomic E-state index is 13.2. The van der Waals surface area contributed by atoms with Crippen LogP contribution in [0, 0.1) is 18.6 Å². The molecule has 0 radical (unpaired) electrons. The van der Waals surface area contributed by atoms with Gasteiger partial charge in [0, 0.05) is 12.3 Å². The average molecular weight is 301 g/mol. The molecule has 0 spiro atoms. The van der Waals surface area contributed by atoms with Gasteiger partial charge in [-0.2, -0.15) is 9.78 Å². The summed E-state index contributed by atoms with van der Waals surface area (Å²) in [4.78, 5) is 4.27. The highest BCUT2D eigenvalue weighted by atomic mass is 19.2. The molecular formula is C16H13F2N3O. The fourth-order valence-electron chi connectivity index (χ4n) is 2.05. The second kappa shape index (κ2) is 5.93. The summed E-state index contributed by atoms with van der Waals surface area (Å²) in [7, 11) is 0. The van der Waals surface area contributed by atoms with Crippen molar-refractivity contribution in [1.82, 2.24) is 14.8 Å². The van der Waals surface area contributed by atoms with Crippen molar-refractivity contribution in [2.75, 3.05) is 0 Å². The molecule has 3 aromatic rings. The third-order valence-electron chi connectivity index (χ3n) is 3.16. The molecule has 1 aromatic carbocycles. The molecular weight excluding hydrogens is 288 g/mol. The first-order valence-corrected chi connectivity index (χ1v) is 6.68. The Morgan fingerprint density at radius 1 is 1.09 bits per heavy atom. The zero-order chi connectivity index (χ0) is 15.5. The number of aryl methyl sites for hydroxylation is 1. The molecule has 2 heterocycles. The number of hydrogen-bond donors (Lipinski definition) is 0. The van der Waals surface area contributed by atoms with Gasteiger partial charge in [0.2, 0.25) is 5.88 Å². The van der Waals surface area contributed by atoms with E-state index in [1.54, 1.807) is 23.1 Å². The summed E-state index contributed by atoms with van der Waals surface area (Å²) >= 11 is 0. The van der Waals surface area contributed by atoms with Gasteiger partial charge in [-0.3, -0.25) is 0 Å². The van der Waals surface area contributed by atoms with Crippen molar-refractivity contribution in [3.63, 3.8) is 0 Å². The van der Waals surface area contributed by atoms with E-state index < -0.39 is 11.6 Å². The SMILES string of the molecule is Cc1cccnc1-n1nccc1OCc1ccc(F)c(F)c1. The molecule has 0 aliphatic rings. The predicted octanol–water partition coefficient (Wildman–Crippen LogP) is 3.43. The molecule has 3 rings (SSSR count). The van der Waals surface area contributed by atoms with Crippen LogP contribution in [0.4, 0.5) is 8.78 Å². The third kappa shape index (κ3) is 2.81. The lowest BCUT2D eigenvalue weighted by Crippen LogP contribution is -2.06. The summed E-state index contributed by atoms with van der Waals surface area (Å²) in [5.74, 6) is -0.632. The Labute approximate surface area is 126 Å². The van der Waals surface area contributed by atoms with Gasteiger partial charge < -0.3 is 4.74 Å². The topological polar surface area (TPSA) is 39.9 Å². The zero-order valence-corrected chi connectivity index (χ0v) is 11.8. The summed E-state index contributed by atoms with van der Waals surface area (Å²) in [5, 5.41) is 4.19. The van der Waals surface area contributed by atoms with Crippen LogP contribution in [0.2, 0.25) is 0 Å². The Morgan fingerprint density at radius 3 is 2.73 bits per heavy atom. The highest BCUT2D eigenvalue weighted by Crippen LogP contribution is 2.19. The molecule has 0 fully saturated rings. The summed E-state index contributed by atoms with van der Waals surface area (Å²) in [6.45, 7) is 2.03. The number of aromatic nitrogens is 3. The van der Waals surface area contributed by atoms with Crippen LogP contribution in [0.25, 0.3) is 5.82 Å². The van der Waals surface area contributed by atoms with Gasteiger partial charge in [-0.05, 0) is 36.2 Å². The second-order valence-corrected chi connectivity index (χ2v) is 4.76. The average Bonchev–Trinajstić information content (AvgIpc) is 2.97. The van der Waals surface area contributed by atoms with Crippen molar-refractivity contribution in [2.24, 2.45) is 0 Å². The molecule has 22 heavy (non-hydrogen) atoms. The molecule has 0 unspecified atom stereocenters. The van der Waals surface area contributed by atoms with E-state index in [9.17, 15) is 8.78 Å². The van der Waals surface area contributed by atoms with Gasteiger partial charge in [-0.25, -0.2) is 13.8 Å². The molecule has 0 N–H and O–H groups in total. The van der Waals surface area contributed by atoms with Crippen molar-refractivity contribution < 1.29 is 13.5 Å². The Morgan fingerprint density at radius 2 is 1.95 bits per heavy atom. The molecule has 0 amide bonds. The first-order valence-electron chi connectivity index (χ1n) is 6.68. The molecule has 0 saturated carbocycles. The number of rotatable bonds is 4. The lowest BCUT2D eigenvalue weighted by atomic mass is 10.2. The second-order valence-electron chi connectivity index (χ2n) is 4.76. The van der Waals surface area contributed by atoms with E-state index in [1.165, 1.54) is 6.07 Å². The van der Waals surface area contributed by atoms with Gasteiger partial charge in [-0.15, -0.1) is 0 Å². The molecule has 112 valence electrons. The maximum Gasteiger partial charge on any atom is 0.218 e. The lowest BCUT2D eigenvalue weighted by Gasteiger charge is -2.10. The van der Waals surface area contributed by atoms with Crippen molar-refractivity contribution in [1.29, 1.82) is 0 Å². The molecule has 0 saturated heterocycles. The van der Waals surface area contributed by atoms with E-state index in [2.05, 4.69) is 10.1 Å². The quantitative estimate of drug-likeness (QED) is 0.741. The minimum Gasteiger partial charge on any atom is -0.473 e. The fraction of sp³-hybridized carbons (Fsp3) is 0.125. The van der Waals surface area contributed by atoms with Crippen LogP contribution in [-0.4, -0.2) is 14.8 Å². The lowest BCUT2D eigenvalue weighted by molar-refractivity contribution is 0.283. The van der Waals surface area contributed by atoms with Crippen LogP contribution in [-0.2, 0) is 6.61 Å². The van der Waals surface area contributed by atoms with Gasteiger partial charge in [0.15, 0.2) is 17.5 Å². The number of halogens is 2. The summed E-state index contributed by atoms with van der Waals surface area (Å²) in [6, 6.07) is 9.11. The molecule has 0 aliphatic carbocycles. The van der Waals surface area contributed by atoms with E-state index in [4.69, 9.17) is 4.74 Å². The van der Waals surface area contributed by atoms with Crippen molar-refractivity contribution >= 4 is 0 Å². The van der Waals surface area contributed by atoms with Crippen LogP contribution in [0.1, 0.15) is 11.1 Å². The number of ether oxygens (including phenoxy) is 1. The summed E-state index contributed by atoms with van der Waals surface area (Å²) in [5.41, 5.74) is 1.48. The zero-order valence-electron chi connectivity index (χ0n) is 11.8. The molecule has 4 nitrogen and oxygen atoms in total. The van der Waals surface area contributed by atoms with Gasteiger partial charge in [-0.1, -0.05) is 12.1 Å². The Bertz CT molecular complexity index is 802. The van der Waals surface area contributed by atoms with Crippen LogP contribution >= 0.6 is 0 Å². The predicted molar refractivity (Wildman–Crippen MR) is 76.8 cm³/mol. The third-order valence-corrected chi connectivity index (χ3v) is 3.16. The van der Waals surface area contributed by atoms with Crippen molar-refractivity contribution in [3.05, 3.63) is 71.6 Å². The van der Waals surface area contributed by atoms with Crippen LogP contribution in [0.15, 0.2) is 48.8 Å². The summed E-state index contributed by atoms with van der Waals surface area (Å²) in [6.07, 6.45) is 3.26. The van der Waals surface area contributed by atoms with E-state index in [0.717, 1.165) is 17.7 Å². The van der Waals surface area contributed by atoms with E-state index in [-0.39, 0.29) is 6.61 Å². The van der Waals surface area contributed by atoms with Gasteiger partial charge in [0.25, 0.3) is 0 Å². The number of hydrogen-bond acceptors (Lipinski definition) is 3. The number of pyridine rings is 1. The van der Waals surface area contributed by atoms with Crippen LogP contribution in [0.3, 0.4) is 0 Å². The molecule has 2 aromatic heterocycles. The smallest absolute Gasteiger partial charge is 0.218 e. The normalized spacial score (nSPS) is 10.7. The highest BCUT2D eigenvalue weighted by Gasteiger charge is 2.10. The first kappa shape index (κ1) is 14.2. The van der Waals surface area contributed by atoms with Crippen molar-refractivity contribution in [2.45, 2.75) is 13.5 Å². The van der Waals surface area contributed by atoms with Gasteiger partial charge in [0.05, 0.1) is 6.20 Å². The Balaban J connectivity index is 1.81. The van der Waals surface area contributed by atoms with Gasteiger partial charge >= 0.3 is 0 Å². The maximum atomic E-state index is 13.2. The van der Waals surface area contributed by atoms with E-state index >= 15 is 0 Å². The number of nitrogens with zero attached hydrogens (tertiary/aromatic N) is 3. The van der Waals surface area contributed by atoms with E-state index in [0.29, 0.717) is 17.3 Å². The molecule has 6 heteroatoms. The standard InChI is InChI=1S/C16H13F2N3O/c1-11-3-2-7-19-16(11)21-15(6-8-20-21)22-10-12-4-5-13(17)14(18)9-12/h2-9H,10H2,1H3.